The zero-order valence-electron chi connectivity index (χ0n) is 14.5. The van der Waals surface area contributed by atoms with E-state index in [-0.39, 0.29) is 21.4 Å². The molecule has 0 heterocycles. The molecule has 0 fully saturated rings. The highest BCUT2D eigenvalue weighted by atomic mass is 35.5. The first-order chi connectivity index (χ1) is 12.3. The highest BCUT2D eigenvalue weighted by molar-refractivity contribution is 7.92. The number of carbonyl (C=O) groups excluding carboxylic acids is 1. The lowest BCUT2D eigenvalue weighted by molar-refractivity contribution is -0.114. The Kier molecular flexibility index (Phi) is 5.07. The molecular formula is C19H19ClN2O3S. The van der Waals surface area contributed by atoms with Crippen LogP contribution in [0.3, 0.4) is 0 Å². The summed E-state index contributed by atoms with van der Waals surface area (Å²) in [6.45, 7) is 3.51. The fourth-order valence-electron chi connectivity index (χ4n) is 2.87. The second-order valence-corrected chi connectivity index (χ2v) is 8.22. The van der Waals surface area contributed by atoms with Crippen LogP contribution in [0.25, 0.3) is 0 Å². The van der Waals surface area contributed by atoms with Crippen molar-refractivity contribution in [1.82, 2.24) is 0 Å². The van der Waals surface area contributed by atoms with Crippen molar-refractivity contribution < 1.29 is 13.2 Å². The summed E-state index contributed by atoms with van der Waals surface area (Å²) in [6, 6.07) is 11.8. The first-order valence-electron chi connectivity index (χ1n) is 8.16. The van der Waals surface area contributed by atoms with Gasteiger partial charge in [0.05, 0.1) is 21.3 Å². The molecule has 0 atom stereocenters. The molecule has 7 heteroatoms. The van der Waals surface area contributed by atoms with Crippen LogP contribution in [0.1, 0.15) is 25.3 Å². The Labute approximate surface area is 158 Å². The number of hydrogen-bond donors (Lipinski definition) is 2. The maximum absolute atomic E-state index is 12.7. The quantitative estimate of drug-likeness (QED) is 0.788. The van der Waals surface area contributed by atoms with E-state index in [0.29, 0.717) is 29.7 Å². The number of allylic oxidation sites excluding steroid dienone is 2. The van der Waals surface area contributed by atoms with Crippen LogP contribution in [0.2, 0.25) is 5.02 Å². The summed E-state index contributed by atoms with van der Waals surface area (Å²) < 4.78 is 27.9. The van der Waals surface area contributed by atoms with Crippen LogP contribution in [-0.2, 0) is 14.8 Å². The molecule has 3 rings (SSSR count). The number of aryl methyl sites for hydroxylation is 1. The third kappa shape index (κ3) is 3.61. The third-order valence-electron chi connectivity index (χ3n) is 4.38. The molecule has 2 N–H and O–H groups in total. The number of rotatable bonds is 5. The maximum Gasteiger partial charge on any atom is 0.262 e. The number of ketones is 1. The Morgan fingerprint density at radius 3 is 2.31 bits per heavy atom. The molecule has 2 aromatic rings. The molecule has 0 unspecified atom stereocenters. The van der Waals surface area contributed by atoms with Crippen molar-refractivity contribution in [1.29, 1.82) is 0 Å². The van der Waals surface area contributed by atoms with Crippen LogP contribution in [0.15, 0.2) is 58.6 Å². The molecule has 0 radical (unpaired) electrons. The molecule has 0 saturated carbocycles. The largest absolute Gasteiger partial charge is 0.357 e. The van der Waals surface area contributed by atoms with Gasteiger partial charge in [-0.1, -0.05) is 35.9 Å². The lowest BCUT2D eigenvalue weighted by Crippen LogP contribution is -2.14. The van der Waals surface area contributed by atoms with Gasteiger partial charge >= 0.3 is 0 Å². The van der Waals surface area contributed by atoms with Crippen LogP contribution in [-0.4, -0.2) is 14.2 Å². The molecule has 0 spiro atoms. The van der Waals surface area contributed by atoms with Crippen LogP contribution >= 0.6 is 11.6 Å². The Hall–Kier alpha value is -2.31. The van der Waals surface area contributed by atoms with Gasteiger partial charge in [-0.05, 0) is 44.0 Å². The molecule has 0 amide bonds. The minimum Gasteiger partial charge on any atom is -0.357 e. The normalized spacial score (nSPS) is 14.7. The summed E-state index contributed by atoms with van der Waals surface area (Å²) in [5.41, 5.74) is 2.99. The minimum atomic E-state index is -3.76. The first-order valence-corrected chi connectivity index (χ1v) is 10.0. The fraction of sp³-hybridized carbons (Fsp3) is 0.211. The van der Waals surface area contributed by atoms with E-state index in [2.05, 4.69) is 10.0 Å². The second-order valence-electron chi connectivity index (χ2n) is 6.19. The van der Waals surface area contributed by atoms with Crippen molar-refractivity contribution in [3.63, 3.8) is 0 Å². The van der Waals surface area contributed by atoms with E-state index >= 15 is 0 Å². The summed E-state index contributed by atoms with van der Waals surface area (Å²) >= 11 is 6.41. The molecule has 2 aromatic carbocycles. The Morgan fingerprint density at radius 2 is 1.65 bits per heavy atom. The van der Waals surface area contributed by atoms with Crippen molar-refractivity contribution in [3.8, 4) is 0 Å². The smallest absolute Gasteiger partial charge is 0.262 e. The van der Waals surface area contributed by atoms with E-state index in [0.717, 1.165) is 5.70 Å². The van der Waals surface area contributed by atoms with E-state index in [1.807, 2.05) is 0 Å². The lowest BCUT2D eigenvalue weighted by atomic mass is 10.2. The van der Waals surface area contributed by atoms with E-state index in [9.17, 15) is 13.2 Å². The van der Waals surface area contributed by atoms with Gasteiger partial charge in [0, 0.05) is 17.7 Å². The SMILES string of the molecule is CC1=C(Nc2cccc(NS(=O)(=O)c3ccccc3C)c2Cl)CCC1=O. The molecule has 1 aliphatic rings. The van der Waals surface area contributed by atoms with Crippen LogP contribution in [0.4, 0.5) is 11.4 Å². The Balaban J connectivity index is 1.91. The topological polar surface area (TPSA) is 75.3 Å². The van der Waals surface area contributed by atoms with Crippen molar-refractivity contribution in [2.45, 2.75) is 31.6 Å². The van der Waals surface area contributed by atoms with Crippen molar-refractivity contribution in [3.05, 3.63) is 64.3 Å². The predicted molar refractivity (Wildman–Crippen MR) is 104 cm³/mol. The van der Waals surface area contributed by atoms with Crippen molar-refractivity contribution >= 4 is 38.8 Å². The first kappa shape index (κ1) is 18.5. The third-order valence-corrected chi connectivity index (χ3v) is 6.32. The number of benzene rings is 2. The summed E-state index contributed by atoms with van der Waals surface area (Å²) in [7, 11) is -3.76. The van der Waals surface area contributed by atoms with Gasteiger partial charge in [-0.25, -0.2) is 8.42 Å². The number of anilines is 2. The predicted octanol–water partition coefficient (Wildman–Crippen LogP) is 4.50. The van der Waals surface area contributed by atoms with E-state index < -0.39 is 10.0 Å². The van der Waals surface area contributed by atoms with Gasteiger partial charge in [0.1, 0.15) is 0 Å². The molecule has 0 bridgehead atoms. The molecule has 0 aliphatic heterocycles. The second kappa shape index (κ2) is 7.13. The van der Waals surface area contributed by atoms with E-state index in [1.165, 1.54) is 0 Å². The molecule has 26 heavy (non-hydrogen) atoms. The van der Waals surface area contributed by atoms with Gasteiger partial charge in [0.25, 0.3) is 10.0 Å². The van der Waals surface area contributed by atoms with Crippen molar-refractivity contribution in [2.24, 2.45) is 0 Å². The Morgan fingerprint density at radius 1 is 0.962 bits per heavy atom. The zero-order chi connectivity index (χ0) is 18.9. The van der Waals surface area contributed by atoms with Crippen LogP contribution < -0.4 is 10.0 Å². The van der Waals surface area contributed by atoms with Gasteiger partial charge in [0.15, 0.2) is 5.78 Å². The zero-order valence-corrected chi connectivity index (χ0v) is 16.0. The molecule has 136 valence electrons. The summed E-state index contributed by atoms with van der Waals surface area (Å²) in [4.78, 5) is 11.9. The molecule has 1 aliphatic carbocycles. The average molecular weight is 391 g/mol. The highest BCUT2D eigenvalue weighted by Gasteiger charge is 2.22. The highest BCUT2D eigenvalue weighted by Crippen LogP contribution is 2.34. The minimum absolute atomic E-state index is 0.111. The molecule has 5 nitrogen and oxygen atoms in total. The number of nitrogens with one attached hydrogen (secondary N) is 2. The number of hydrogen-bond acceptors (Lipinski definition) is 4. The monoisotopic (exact) mass is 390 g/mol. The van der Waals surface area contributed by atoms with Crippen molar-refractivity contribution in [2.75, 3.05) is 10.0 Å². The standard InChI is InChI=1S/C19H19ClN2O3S/c1-12-6-3-4-9-18(12)26(24,25)22-16-8-5-7-15(19(16)20)21-14-10-11-17(23)13(14)2/h3-9,21-22H,10-11H2,1-2H3. The Bertz CT molecular complexity index is 1010. The van der Waals surface area contributed by atoms with E-state index in [4.69, 9.17) is 11.6 Å². The molecule has 0 saturated heterocycles. The fourth-order valence-corrected chi connectivity index (χ4v) is 4.46. The van der Waals surface area contributed by atoms with Gasteiger partial charge in [0.2, 0.25) is 0 Å². The summed E-state index contributed by atoms with van der Waals surface area (Å²) in [5.74, 6) is 0.111. The van der Waals surface area contributed by atoms with E-state index in [1.54, 1.807) is 56.3 Å². The number of Topliss-reactive ketones (excluding diaryl/α,β-unsaturated/α-hetero) is 1. The summed E-state index contributed by atoms with van der Waals surface area (Å²) in [6.07, 6.45) is 1.10. The maximum atomic E-state index is 12.7. The van der Waals surface area contributed by atoms with Crippen LogP contribution in [0, 0.1) is 6.92 Å². The number of halogens is 1. The molecular weight excluding hydrogens is 372 g/mol. The van der Waals surface area contributed by atoms with Gasteiger partial charge in [-0.15, -0.1) is 0 Å². The van der Waals surface area contributed by atoms with Gasteiger partial charge in [-0.3, -0.25) is 9.52 Å². The van der Waals surface area contributed by atoms with Gasteiger partial charge < -0.3 is 5.32 Å². The molecule has 0 aromatic heterocycles. The van der Waals surface area contributed by atoms with Crippen LogP contribution in [0.5, 0.6) is 0 Å². The summed E-state index contributed by atoms with van der Waals surface area (Å²) in [5, 5.41) is 3.41. The number of carbonyl (C=O) groups is 1. The lowest BCUT2D eigenvalue weighted by Gasteiger charge is -2.15. The van der Waals surface area contributed by atoms with Gasteiger partial charge in [-0.2, -0.15) is 0 Å². The average Bonchev–Trinajstić information content (AvgIpc) is 2.90. The number of sulfonamides is 1.